The van der Waals surface area contributed by atoms with Crippen LogP contribution < -0.4 is 5.32 Å². The van der Waals surface area contributed by atoms with E-state index >= 15 is 0 Å². The molecule has 1 aliphatic rings. The largest absolute Gasteiger partial charge is 0.481 e. The lowest BCUT2D eigenvalue weighted by Gasteiger charge is -2.33. The maximum atomic E-state index is 12.1. The van der Waals surface area contributed by atoms with Gasteiger partial charge in [-0.05, 0) is 30.5 Å². The lowest BCUT2D eigenvalue weighted by Crippen LogP contribution is -2.47. The van der Waals surface area contributed by atoms with Crippen molar-refractivity contribution in [3.63, 3.8) is 0 Å². The Labute approximate surface area is 129 Å². The molecule has 114 valence electrons. The number of hydrogen-bond acceptors (Lipinski definition) is 2. The highest BCUT2D eigenvalue weighted by Crippen LogP contribution is 2.34. The number of benzene rings is 1. The zero-order valence-corrected chi connectivity index (χ0v) is 13.0. The molecule has 2 unspecified atom stereocenters. The summed E-state index contributed by atoms with van der Waals surface area (Å²) in [6.45, 7) is 4.54. The molecule has 0 heterocycles. The minimum Gasteiger partial charge on any atom is -0.481 e. The number of nitrogens with one attached hydrogen (secondary N) is 1. The van der Waals surface area contributed by atoms with E-state index in [0.29, 0.717) is 24.4 Å². The van der Waals surface area contributed by atoms with Crippen molar-refractivity contribution in [2.24, 2.45) is 11.8 Å². The molecular formula is C16H20ClNO3. The van der Waals surface area contributed by atoms with Crippen LogP contribution >= 0.6 is 11.6 Å². The van der Waals surface area contributed by atoms with Gasteiger partial charge < -0.3 is 10.4 Å². The Morgan fingerprint density at radius 1 is 1.24 bits per heavy atom. The predicted molar refractivity (Wildman–Crippen MR) is 81.3 cm³/mol. The van der Waals surface area contributed by atoms with Crippen molar-refractivity contribution >= 4 is 23.5 Å². The number of carbonyl (C=O) groups excluding carboxylic acids is 1. The number of amides is 1. The molecule has 0 spiro atoms. The van der Waals surface area contributed by atoms with E-state index in [1.54, 1.807) is 0 Å². The van der Waals surface area contributed by atoms with Gasteiger partial charge in [-0.3, -0.25) is 9.59 Å². The van der Waals surface area contributed by atoms with Gasteiger partial charge in [0.25, 0.3) is 0 Å². The Morgan fingerprint density at radius 3 is 2.29 bits per heavy atom. The van der Waals surface area contributed by atoms with Gasteiger partial charge in [-0.15, -0.1) is 0 Å². The number of hydrogen-bond donors (Lipinski definition) is 2. The van der Waals surface area contributed by atoms with Crippen molar-refractivity contribution in [3.8, 4) is 0 Å². The Morgan fingerprint density at radius 2 is 1.81 bits per heavy atom. The second-order valence-corrected chi connectivity index (χ2v) is 6.67. The molecule has 0 radical (unpaired) electrons. The molecule has 0 aromatic heterocycles. The molecular weight excluding hydrogens is 290 g/mol. The van der Waals surface area contributed by atoms with Crippen LogP contribution in [0.25, 0.3) is 0 Å². The summed E-state index contributed by atoms with van der Waals surface area (Å²) < 4.78 is 0. The Bertz CT molecular complexity index is 539. The molecule has 1 aliphatic carbocycles. The minimum absolute atomic E-state index is 0.157. The number of carboxylic acids is 1. The van der Waals surface area contributed by atoms with E-state index in [-0.39, 0.29) is 17.2 Å². The number of halogens is 1. The first-order valence-corrected chi connectivity index (χ1v) is 7.45. The van der Waals surface area contributed by atoms with Crippen LogP contribution in [0.1, 0.15) is 32.3 Å². The van der Waals surface area contributed by atoms with Crippen molar-refractivity contribution in [1.29, 1.82) is 0 Å². The van der Waals surface area contributed by atoms with Crippen LogP contribution in [0.3, 0.4) is 0 Å². The quantitative estimate of drug-likeness (QED) is 0.879. The molecule has 21 heavy (non-hydrogen) atoms. The average Bonchev–Trinajstić information content (AvgIpc) is 2.35. The third-order valence-electron chi connectivity index (χ3n) is 4.26. The van der Waals surface area contributed by atoms with Crippen LogP contribution in [0, 0.1) is 11.8 Å². The molecule has 0 bridgehead atoms. The minimum atomic E-state index is -0.877. The summed E-state index contributed by atoms with van der Waals surface area (Å²) in [6.07, 6.45) is 1.25. The molecule has 0 saturated heterocycles. The van der Waals surface area contributed by atoms with Gasteiger partial charge in [-0.1, -0.05) is 37.6 Å². The predicted octanol–water partition coefficient (Wildman–Crippen LogP) is 2.84. The molecule has 2 rings (SSSR count). The molecule has 2 atom stereocenters. The smallest absolute Gasteiger partial charge is 0.307 e. The number of aliphatic carboxylic acids is 1. The monoisotopic (exact) mass is 309 g/mol. The van der Waals surface area contributed by atoms with Gasteiger partial charge in [0.1, 0.15) is 0 Å². The second kappa shape index (κ2) is 6.06. The van der Waals surface area contributed by atoms with Gasteiger partial charge in [-0.25, -0.2) is 0 Å². The van der Waals surface area contributed by atoms with E-state index < -0.39 is 11.9 Å². The molecule has 4 nitrogen and oxygen atoms in total. The van der Waals surface area contributed by atoms with E-state index in [0.717, 1.165) is 5.56 Å². The van der Waals surface area contributed by atoms with Gasteiger partial charge in [-0.2, -0.15) is 0 Å². The normalized spacial score (nSPS) is 21.5. The number of carboxylic acid groups (broad SMARTS) is 1. The fraction of sp³-hybridized carbons (Fsp3) is 0.500. The van der Waals surface area contributed by atoms with E-state index in [1.807, 2.05) is 38.1 Å². The maximum absolute atomic E-state index is 12.1. The first kappa shape index (κ1) is 15.8. The maximum Gasteiger partial charge on any atom is 0.307 e. The van der Waals surface area contributed by atoms with Crippen LogP contribution in [-0.2, 0) is 15.0 Å². The summed E-state index contributed by atoms with van der Waals surface area (Å²) in [6, 6.07) is 7.54. The first-order chi connectivity index (χ1) is 9.81. The van der Waals surface area contributed by atoms with Crippen molar-refractivity contribution in [2.75, 3.05) is 6.54 Å². The Hall–Kier alpha value is -1.55. The van der Waals surface area contributed by atoms with Crippen molar-refractivity contribution in [3.05, 3.63) is 34.9 Å². The molecule has 1 aromatic rings. The molecule has 1 amide bonds. The van der Waals surface area contributed by atoms with Crippen LogP contribution in [-0.4, -0.2) is 23.5 Å². The zero-order chi connectivity index (χ0) is 15.6. The molecule has 0 aliphatic heterocycles. The van der Waals surface area contributed by atoms with Crippen LogP contribution in [0.5, 0.6) is 0 Å². The van der Waals surface area contributed by atoms with E-state index in [2.05, 4.69) is 5.32 Å². The Kier molecular flexibility index (Phi) is 4.57. The van der Waals surface area contributed by atoms with E-state index in [4.69, 9.17) is 16.7 Å². The summed E-state index contributed by atoms with van der Waals surface area (Å²) in [5, 5.41) is 12.6. The average molecular weight is 310 g/mol. The molecule has 1 aromatic carbocycles. The highest BCUT2D eigenvalue weighted by Gasteiger charge is 2.41. The van der Waals surface area contributed by atoms with E-state index in [1.165, 1.54) is 0 Å². The summed E-state index contributed by atoms with van der Waals surface area (Å²) in [5.41, 5.74) is 0.846. The summed E-state index contributed by atoms with van der Waals surface area (Å²) in [7, 11) is 0. The van der Waals surface area contributed by atoms with Crippen molar-refractivity contribution < 1.29 is 14.7 Å². The highest BCUT2D eigenvalue weighted by molar-refractivity contribution is 6.30. The van der Waals surface area contributed by atoms with Gasteiger partial charge in [0.15, 0.2) is 0 Å². The second-order valence-electron chi connectivity index (χ2n) is 6.24. The molecule has 5 heteroatoms. The lowest BCUT2D eigenvalue weighted by molar-refractivity contribution is -0.152. The fourth-order valence-corrected chi connectivity index (χ4v) is 2.68. The van der Waals surface area contributed by atoms with Crippen molar-refractivity contribution in [2.45, 2.75) is 32.1 Å². The number of carbonyl (C=O) groups is 2. The standard InChI is InChI=1S/C16H20ClNO3/c1-16(2,10-3-5-11(17)6-4-10)9-18-14(19)12-7-8-13(12)15(20)21/h3-6,12-13H,7-9H2,1-2H3,(H,18,19)(H,20,21). The lowest BCUT2D eigenvalue weighted by atomic mass is 9.73. The molecule has 1 saturated carbocycles. The SMILES string of the molecule is CC(C)(CNC(=O)C1CCC1C(=O)O)c1ccc(Cl)cc1. The van der Waals surface area contributed by atoms with Crippen LogP contribution in [0.15, 0.2) is 24.3 Å². The fourth-order valence-electron chi connectivity index (χ4n) is 2.55. The first-order valence-electron chi connectivity index (χ1n) is 7.08. The molecule has 1 fully saturated rings. The third kappa shape index (κ3) is 3.56. The topological polar surface area (TPSA) is 66.4 Å². The summed E-state index contributed by atoms with van der Waals surface area (Å²) >= 11 is 5.88. The van der Waals surface area contributed by atoms with Gasteiger partial charge >= 0.3 is 5.97 Å². The Balaban J connectivity index is 1.94. The van der Waals surface area contributed by atoms with Gasteiger partial charge in [0.2, 0.25) is 5.91 Å². The van der Waals surface area contributed by atoms with E-state index in [9.17, 15) is 9.59 Å². The number of rotatable bonds is 5. The van der Waals surface area contributed by atoms with Crippen molar-refractivity contribution in [1.82, 2.24) is 5.32 Å². The third-order valence-corrected chi connectivity index (χ3v) is 4.51. The molecule has 2 N–H and O–H groups in total. The zero-order valence-electron chi connectivity index (χ0n) is 12.2. The van der Waals surface area contributed by atoms with Crippen LogP contribution in [0.4, 0.5) is 0 Å². The van der Waals surface area contributed by atoms with Gasteiger partial charge in [0, 0.05) is 17.0 Å². The van der Waals surface area contributed by atoms with Gasteiger partial charge in [0.05, 0.1) is 11.8 Å². The van der Waals surface area contributed by atoms with Crippen LogP contribution in [0.2, 0.25) is 5.02 Å². The summed E-state index contributed by atoms with van der Waals surface area (Å²) in [5.74, 6) is -1.94. The summed E-state index contributed by atoms with van der Waals surface area (Å²) in [4.78, 5) is 23.0. The highest BCUT2D eigenvalue weighted by atomic mass is 35.5.